The highest BCUT2D eigenvalue weighted by Crippen LogP contribution is 2.39. The van der Waals surface area contributed by atoms with Crippen LogP contribution in [0.25, 0.3) is 5.57 Å². The Hall–Kier alpha value is -2.25. The molecule has 0 saturated carbocycles. The van der Waals surface area contributed by atoms with Gasteiger partial charge in [0.15, 0.2) is 0 Å². The third kappa shape index (κ3) is 5.03. The van der Waals surface area contributed by atoms with Crippen molar-refractivity contribution >= 4 is 11.7 Å². The first kappa shape index (κ1) is 21.5. The summed E-state index contributed by atoms with van der Waals surface area (Å²) in [6.07, 6.45) is -3.80. The van der Waals surface area contributed by atoms with E-state index in [9.17, 15) is 22.4 Å². The third-order valence-electron chi connectivity index (χ3n) is 4.95. The minimum absolute atomic E-state index is 0.0596. The zero-order valence-corrected chi connectivity index (χ0v) is 16.6. The molecule has 0 aliphatic carbocycles. The van der Waals surface area contributed by atoms with Crippen LogP contribution >= 0.6 is 0 Å². The molecule has 0 N–H and O–H groups in total. The molecule has 3 rings (SSSR count). The largest absolute Gasteiger partial charge is 0.461 e. The first-order valence-electron chi connectivity index (χ1n) is 9.64. The Morgan fingerprint density at radius 1 is 1.21 bits per heavy atom. The van der Waals surface area contributed by atoms with Gasteiger partial charge in [0.25, 0.3) is 0 Å². The normalized spacial score (nSPS) is 22.3. The topological polar surface area (TPSA) is 38.8 Å². The minimum atomic E-state index is -4.55. The minimum Gasteiger partial charge on any atom is -0.444 e. The number of hydrogen-bond acceptors (Lipinski definition) is 3. The lowest BCUT2D eigenvalue weighted by atomic mass is 9.83. The van der Waals surface area contributed by atoms with Crippen LogP contribution in [0.5, 0.6) is 5.75 Å². The molecule has 2 aliphatic rings. The van der Waals surface area contributed by atoms with Gasteiger partial charge < -0.3 is 9.47 Å². The number of carbonyl (C=O) groups excluding carboxylic acids is 1. The molecule has 2 atom stereocenters. The molecule has 2 aliphatic heterocycles. The summed E-state index contributed by atoms with van der Waals surface area (Å²) in [6.45, 7) is 5.44. The van der Waals surface area contributed by atoms with E-state index in [1.54, 1.807) is 11.0 Å². The Morgan fingerprint density at radius 3 is 2.55 bits per heavy atom. The van der Waals surface area contributed by atoms with Gasteiger partial charge >= 0.3 is 18.6 Å². The standard InChI is InChI=1S/C21H25F4NO3/c1-20(2,3)29-19(27)26-15-7-5-8-16(26)11-14(10-15)13-6-4-9-17(12-13)28-21(24,25)18(22)23/h4,6,9-10,12,15-16,18H,5,7-8,11H2,1-3H3. The van der Waals surface area contributed by atoms with E-state index in [0.717, 1.165) is 24.8 Å². The van der Waals surface area contributed by atoms with E-state index in [-0.39, 0.29) is 23.9 Å². The summed E-state index contributed by atoms with van der Waals surface area (Å²) in [5.74, 6) is -0.326. The quantitative estimate of drug-likeness (QED) is 0.578. The highest BCUT2D eigenvalue weighted by molar-refractivity contribution is 5.75. The van der Waals surface area contributed by atoms with Crippen LogP contribution in [0.2, 0.25) is 0 Å². The number of nitrogens with zero attached hydrogens (tertiary/aromatic N) is 1. The molecule has 4 nitrogen and oxygen atoms in total. The average molecular weight is 415 g/mol. The zero-order chi connectivity index (χ0) is 21.4. The van der Waals surface area contributed by atoms with Crippen LogP contribution in [-0.2, 0) is 4.74 Å². The number of ether oxygens (including phenoxy) is 2. The second-order valence-electron chi connectivity index (χ2n) is 8.43. The summed E-state index contributed by atoms with van der Waals surface area (Å²) in [6, 6.07) is 5.55. The molecule has 2 unspecified atom stereocenters. The van der Waals surface area contributed by atoms with Gasteiger partial charge in [0.05, 0.1) is 6.04 Å². The van der Waals surface area contributed by atoms with Crippen LogP contribution in [0.1, 0.15) is 52.0 Å². The van der Waals surface area contributed by atoms with Crippen molar-refractivity contribution in [3.63, 3.8) is 0 Å². The Labute approximate surface area is 167 Å². The number of fused-ring (bicyclic) bond motifs is 2. The molecule has 2 heterocycles. The van der Waals surface area contributed by atoms with E-state index in [1.165, 1.54) is 18.2 Å². The molecule has 1 aromatic rings. The number of piperidine rings is 1. The summed E-state index contributed by atoms with van der Waals surface area (Å²) in [5, 5.41) is 0. The number of benzene rings is 1. The van der Waals surface area contributed by atoms with E-state index in [4.69, 9.17) is 4.74 Å². The molecule has 0 radical (unpaired) electrons. The predicted molar refractivity (Wildman–Crippen MR) is 100 cm³/mol. The van der Waals surface area contributed by atoms with Crippen molar-refractivity contribution < 1.29 is 31.8 Å². The second-order valence-corrected chi connectivity index (χ2v) is 8.43. The van der Waals surface area contributed by atoms with Crippen LogP contribution in [0.3, 0.4) is 0 Å². The number of amides is 1. The lowest BCUT2D eigenvalue weighted by Crippen LogP contribution is -2.53. The maximum atomic E-state index is 13.2. The number of halogens is 4. The fourth-order valence-electron chi connectivity index (χ4n) is 3.80. The van der Waals surface area contributed by atoms with Crippen molar-refractivity contribution in [1.29, 1.82) is 0 Å². The van der Waals surface area contributed by atoms with Crippen LogP contribution in [-0.4, -0.2) is 41.2 Å². The average Bonchev–Trinajstić information content (AvgIpc) is 2.58. The third-order valence-corrected chi connectivity index (χ3v) is 4.95. The second kappa shape index (κ2) is 7.88. The van der Waals surface area contributed by atoms with Gasteiger partial charge in [-0.1, -0.05) is 18.2 Å². The maximum absolute atomic E-state index is 13.2. The first-order chi connectivity index (χ1) is 13.5. The molecule has 0 aromatic heterocycles. The van der Waals surface area contributed by atoms with Crippen molar-refractivity contribution in [2.75, 3.05) is 0 Å². The van der Waals surface area contributed by atoms with E-state index in [0.29, 0.717) is 12.0 Å². The summed E-state index contributed by atoms with van der Waals surface area (Å²) in [4.78, 5) is 14.4. The molecular formula is C21H25F4NO3. The highest BCUT2D eigenvalue weighted by atomic mass is 19.3. The van der Waals surface area contributed by atoms with Gasteiger partial charge in [-0.2, -0.15) is 17.6 Å². The predicted octanol–water partition coefficient (Wildman–Crippen LogP) is 5.87. The van der Waals surface area contributed by atoms with Gasteiger partial charge in [-0.25, -0.2) is 4.79 Å². The Kier molecular flexibility index (Phi) is 5.83. The molecule has 1 amide bonds. The van der Waals surface area contributed by atoms with E-state index in [1.807, 2.05) is 26.8 Å². The van der Waals surface area contributed by atoms with Gasteiger partial charge in [-0.05, 0) is 69.7 Å². The Morgan fingerprint density at radius 2 is 1.93 bits per heavy atom. The molecule has 29 heavy (non-hydrogen) atoms. The van der Waals surface area contributed by atoms with Crippen LogP contribution in [0.15, 0.2) is 30.3 Å². The number of alkyl halides is 4. The van der Waals surface area contributed by atoms with Gasteiger partial charge in [0.2, 0.25) is 0 Å². The number of carbonyl (C=O) groups is 1. The lowest BCUT2D eigenvalue weighted by Gasteiger charge is -2.45. The first-order valence-corrected chi connectivity index (χ1v) is 9.64. The number of hydrogen-bond donors (Lipinski definition) is 0. The Balaban J connectivity index is 1.82. The molecular weight excluding hydrogens is 390 g/mol. The molecule has 0 spiro atoms. The summed E-state index contributed by atoms with van der Waals surface area (Å²) < 4.78 is 61.0. The van der Waals surface area contributed by atoms with E-state index < -0.39 is 18.1 Å². The zero-order valence-electron chi connectivity index (χ0n) is 16.6. The maximum Gasteiger partial charge on any atom is 0.461 e. The fraction of sp³-hybridized carbons (Fsp3) is 0.571. The molecule has 2 bridgehead atoms. The van der Waals surface area contributed by atoms with Gasteiger partial charge in [-0.15, -0.1) is 0 Å². The fourth-order valence-corrected chi connectivity index (χ4v) is 3.80. The molecule has 8 heteroatoms. The van der Waals surface area contributed by atoms with E-state index in [2.05, 4.69) is 4.74 Å². The summed E-state index contributed by atoms with van der Waals surface area (Å²) in [7, 11) is 0. The van der Waals surface area contributed by atoms with Crippen LogP contribution in [0, 0.1) is 0 Å². The van der Waals surface area contributed by atoms with Crippen molar-refractivity contribution in [2.45, 2.75) is 76.7 Å². The van der Waals surface area contributed by atoms with Crippen LogP contribution in [0.4, 0.5) is 22.4 Å². The van der Waals surface area contributed by atoms with Gasteiger partial charge in [-0.3, -0.25) is 4.90 Å². The Bertz CT molecular complexity index is 788. The smallest absolute Gasteiger partial charge is 0.444 e. The molecule has 160 valence electrons. The monoisotopic (exact) mass is 415 g/mol. The van der Waals surface area contributed by atoms with Gasteiger partial charge in [0.1, 0.15) is 11.4 Å². The number of rotatable bonds is 4. The SMILES string of the molecule is CC(C)(C)OC(=O)N1C2C=C(c3cccc(OC(F)(F)C(F)F)c3)CC1CCC2. The molecule has 1 saturated heterocycles. The van der Waals surface area contributed by atoms with E-state index >= 15 is 0 Å². The van der Waals surface area contributed by atoms with Crippen molar-refractivity contribution in [1.82, 2.24) is 4.90 Å². The van der Waals surface area contributed by atoms with Crippen LogP contribution < -0.4 is 4.74 Å². The molecule has 1 aromatic carbocycles. The highest BCUT2D eigenvalue weighted by Gasteiger charge is 2.44. The van der Waals surface area contributed by atoms with Crippen molar-refractivity contribution in [3.8, 4) is 5.75 Å². The molecule has 1 fully saturated rings. The summed E-state index contributed by atoms with van der Waals surface area (Å²) >= 11 is 0. The van der Waals surface area contributed by atoms with Gasteiger partial charge in [0, 0.05) is 6.04 Å². The van der Waals surface area contributed by atoms with Crippen molar-refractivity contribution in [3.05, 3.63) is 35.9 Å². The lowest BCUT2D eigenvalue weighted by molar-refractivity contribution is -0.253. The summed E-state index contributed by atoms with van der Waals surface area (Å²) in [5.41, 5.74) is 0.899. The van der Waals surface area contributed by atoms with Crippen molar-refractivity contribution in [2.24, 2.45) is 0 Å².